The molecule has 0 aromatic carbocycles. The Labute approximate surface area is 114 Å². The van der Waals surface area contributed by atoms with Crippen molar-refractivity contribution in [3.8, 4) is 0 Å². The summed E-state index contributed by atoms with van der Waals surface area (Å²) in [5.74, 6) is 0.512. The summed E-state index contributed by atoms with van der Waals surface area (Å²) in [5, 5.41) is 16.4. The van der Waals surface area contributed by atoms with Crippen LogP contribution in [-0.2, 0) is 6.54 Å². The van der Waals surface area contributed by atoms with Gasteiger partial charge >= 0.3 is 0 Å². The molecule has 0 bridgehead atoms. The zero-order chi connectivity index (χ0) is 13.2. The minimum absolute atomic E-state index is 0.0525. The lowest BCUT2D eigenvalue weighted by Crippen LogP contribution is -2.41. The van der Waals surface area contributed by atoms with Crippen LogP contribution in [0.1, 0.15) is 56.7 Å². The molecule has 2 N–H and O–H groups in total. The Morgan fingerprint density at radius 3 is 3.00 bits per heavy atom. The maximum Gasteiger partial charge on any atom is 0.0954 e. The molecule has 2 atom stereocenters. The highest BCUT2D eigenvalue weighted by atomic mass is 32.1. The van der Waals surface area contributed by atoms with Gasteiger partial charge in [-0.05, 0) is 12.8 Å². The van der Waals surface area contributed by atoms with Crippen molar-refractivity contribution >= 4 is 11.3 Å². The van der Waals surface area contributed by atoms with Gasteiger partial charge in [0.05, 0.1) is 10.7 Å². The van der Waals surface area contributed by atoms with E-state index >= 15 is 0 Å². The lowest BCUT2D eigenvalue weighted by molar-refractivity contribution is 0.118. The van der Waals surface area contributed by atoms with Crippen LogP contribution in [0.3, 0.4) is 0 Å². The lowest BCUT2D eigenvalue weighted by atomic mass is 9.86. The van der Waals surface area contributed by atoms with Crippen molar-refractivity contribution in [2.45, 2.75) is 58.5 Å². The molecule has 18 heavy (non-hydrogen) atoms. The fraction of sp³-hybridized carbons (Fsp3) is 0.786. The average molecular weight is 268 g/mol. The number of aromatic nitrogens is 1. The second-order valence-corrected chi connectivity index (χ2v) is 6.86. The van der Waals surface area contributed by atoms with E-state index < -0.39 is 0 Å². The molecule has 1 fully saturated rings. The molecule has 3 nitrogen and oxygen atoms in total. The van der Waals surface area contributed by atoms with Gasteiger partial charge in [0.25, 0.3) is 0 Å². The number of rotatable bonds is 5. The van der Waals surface area contributed by atoms with Gasteiger partial charge in [0.2, 0.25) is 0 Å². The van der Waals surface area contributed by atoms with Gasteiger partial charge in [-0.3, -0.25) is 0 Å². The highest BCUT2D eigenvalue weighted by Crippen LogP contribution is 2.37. The van der Waals surface area contributed by atoms with Crippen LogP contribution >= 0.6 is 11.3 Å². The molecule has 0 saturated heterocycles. The first-order valence-electron chi connectivity index (χ1n) is 6.84. The summed E-state index contributed by atoms with van der Waals surface area (Å²) in [6, 6.07) is 0.423. The van der Waals surface area contributed by atoms with Gasteiger partial charge in [-0.15, -0.1) is 11.3 Å². The Bertz CT molecular complexity index is 391. The molecular formula is C14H24N2OS. The van der Waals surface area contributed by atoms with Crippen LogP contribution in [0, 0.1) is 5.41 Å². The molecule has 0 aliphatic heterocycles. The molecule has 1 aromatic rings. The SMILES string of the molecule is CC(C)c1nc(CNC2CCCC2(C)CO)cs1. The Balaban J connectivity index is 1.91. The number of aliphatic hydroxyl groups is 1. The van der Waals surface area contributed by atoms with Gasteiger partial charge in [-0.1, -0.05) is 27.2 Å². The molecule has 0 spiro atoms. The molecule has 0 amide bonds. The van der Waals surface area contributed by atoms with Crippen LogP contribution in [0.2, 0.25) is 0 Å². The molecule has 2 rings (SSSR count). The van der Waals surface area contributed by atoms with Gasteiger partial charge in [-0.2, -0.15) is 0 Å². The van der Waals surface area contributed by atoms with Crippen LogP contribution in [-0.4, -0.2) is 22.7 Å². The van der Waals surface area contributed by atoms with Crippen LogP contribution in [0.25, 0.3) is 0 Å². The summed E-state index contributed by atoms with van der Waals surface area (Å²) in [6.07, 6.45) is 3.50. The number of hydrogen-bond donors (Lipinski definition) is 2. The van der Waals surface area contributed by atoms with E-state index in [1.165, 1.54) is 11.4 Å². The van der Waals surface area contributed by atoms with E-state index in [4.69, 9.17) is 0 Å². The van der Waals surface area contributed by atoms with Crippen LogP contribution < -0.4 is 5.32 Å². The highest BCUT2D eigenvalue weighted by molar-refractivity contribution is 7.09. The normalized spacial score (nSPS) is 28.2. The standard InChI is InChI=1S/C14H24N2OS/c1-10(2)13-16-11(8-18-13)7-15-12-5-4-6-14(12,3)9-17/h8,10,12,15,17H,4-7,9H2,1-3H3. The van der Waals surface area contributed by atoms with Crippen LogP contribution in [0.15, 0.2) is 5.38 Å². The number of nitrogens with one attached hydrogen (secondary N) is 1. The van der Waals surface area contributed by atoms with E-state index in [1.54, 1.807) is 11.3 Å². The van der Waals surface area contributed by atoms with Crippen molar-refractivity contribution in [2.24, 2.45) is 5.41 Å². The first-order valence-corrected chi connectivity index (χ1v) is 7.71. The van der Waals surface area contributed by atoms with Crippen molar-refractivity contribution < 1.29 is 5.11 Å². The Kier molecular flexibility index (Phi) is 4.41. The second kappa shape index (κ2) is 5.68. The minimum Gasteiger partial charge on any atom is -0.396 e. The molecular weight excluding hydrogens is 244 g/mol. The maximum absolute atomic E-state index is 9.52. The fourth-order valence-corrected chi connectivity index (χ4v) is 3.50. The second-order valence-electron chi connectivity index (χ2n) is 5.97. The molecule has 1 saturated carbocycles. The topological polar surface area (TPSA) is 45.2 Å². The number of hydrogen-bond acceptors (Lipinski definition) is 4. The summed E-state index contributed by atoms with van der Waals surface area (Å²) in [5.41, 5.74) is 1.19. The summed E-state index contributed by atoms with van der Waals surface area (Å²) in [6.45, 7) is 7.63. The first kappa shape index (κ1) is 14.0. The van der Waals surface area contributed by atoms with Gasteiger partial charge in [-0.25, -0.2) is 4.98 Å². The Hall–Kier alpha value is -0.450. The van der Waals surface area contributed by atoms with Crippen molar-refractivity contribution in [2.75, 3.05) is 6.61 Å². The predicted molar refractivity (Wildman–Crippen MR) is 75.9 cm³/mol. The van der Waals surface area contributed by atoms with Crippen molar-refractivity contribution in [1.82, 2.24) is 10.3 Å². The van der Waals surface area contributed by atoms with Crippen molar-refractivity contribution in [1.29, 1.82) is 0 Å². The van der Waals surface area contributed by atoms with E-state index in [9.17, 15) is 5.11 Å². The van der Waals surface area contributed by atoms with E-state index in [-0.39, 0.29) is 12.0 Å². The summed E-state index contributed by atoms with van der Waals surface area (Å²) >= 11 is 1.75. The number of aliphatic hydroxyl groups excluding tert-OH is 1. The van der Waals surface area contributed by atoms with Gasteiger partial charge in [0, 0.05) is 35.9 Å². The van der Waals surface area contributed by atoms with Crippen LogP contribution in [0.4, 0.5) is 0 Å². The van der Waals surface area contributed by atoms with Gasteiger partial charge < -0.3 is 10.4 Å². The molecule has 102 valence electrons. The molecule has 1 aliphatic carbocycles. The molecule has 0 radical (unpaired) electrons. The highest BCUT2D eigenvalue weighted by Gasteiger charge is 2.37. The average Bonchev–Trinajstić information content (AvgIpc) is 2.94. The molecule has 4 heteroatoms. The molecule has 2 unspecified atom stereocenters. The Morgan fingerprint density at radius 2 is 2.39 bits per heavy atom. The summed E-state index contributed by atoms with van der Waals surface area (Å²) in [7, 11) is 0. The zero-order valence-corrected chi connectivity index (χ0v) is 12.4. The minimum atomic E-state index is 0.0525. The van der Waals surface area contributed by atoms with Crippen LogP contribution in [0.5, 0.6) is 0 Å². The number of thiazole rings is 1. The Morgan fingerprint density at radius 1 is 1.61 bits per heavy atom. The molecule has 1 aromatic heterocycles. The van der Waals surface area contributed by atoms with E-state index in [0.717, 1.165) is 25.1 Å². The smallest absolute Gasteiger partial charge is 0.0954 e. The lowest BCUT2D eigenvalue weighted by Gasteiger charge is -2.30. The van der Waals surface area contributed by atoms with E-state index in [1.807, 2.05) is 0 Å². The third-order valence-corrected chi connectivity index (χ3v) is 5.23. The maximum atomic E-state index is 9.52. The number of nitrogens with zero attached hydrogens (tertiary/aromatic N) is 1. The molecule has 1 heterocycles. The fourth-order valence-electron chi connectivity index (χ4n) is 2.67. The quantitative estimate of drug-likeness (QED) is 0.863. The third kappa shape index (κ3) is 2.92. The third-order valence-electron chi connectivity index (χ3n) is 4.04. The zero-order valence-electron chi connectivity index (χ0n) is 11.6. The van der Waals surface area contributed by atoms with Gasteiger partial charge in [0.15, 0.2) is 0 Å². The van der Waals surface area contributed by atoms with Crippen molar-refractivity contribution in [3.05, 3.63) is 16.1 Å². The first-order chi connectivity index (χ1) is 8.55. The van der Waals surface area contributed by atoms with Gasteiger partial charge in [0.1, 0.15) is 0 Å². The van der Waals surface area contributed by atoms with E-state index in [2.05, 4.69) is 36.5 Å². The predicted octanol–water partition coefficient (Wildman–Crippen LogP) is 2.91. The molecule has 1 aliphatic rings. The summed E-state index contributed by atoms with van der Waals surface area (Å²) in [4.78, 5) is 4.64. The summed E-state index contributed by atoms with van der Waals surface area (Å²) < 4.78 is 0. The monoisotopic (exact) mass is 268 g/mol. The largest absolute Gasteiger partial charge is 0.396 e. The van der Waals surface area contributed by atoms with E-state index in [0.29, 0.717) is 12.0 Å². The van der Waals surface area contributed by atoms with Crippen molar-refractivity contribution in [3.63, 3.8) is 0 Å².